The lowest BCUT2D eigenvalue weighted by molar-refractivity contribution is 1.20. The van der Waals surface area contributed by atoms with Gasteiger partial charge < -0.3 is 11.5 Å². The lowest BCUT2D eigenvalue weighted by atomic mass is 10.1. The molecule has 2 heterocycles. The topological polar surface area (TPSA) is 90.7 Å². The summed E-state index contributed by atoms with van der Waals surface area (Å²) in [5.74, 6) is 0.633. The number of hydrogen-bond acceptors (Lipinski definition) is 5. The van der Waals surface area contributed by atoms with Crippen molar-refractivity contribution in [1.82, 2.24) is 15.0 Å². The number of benzene rings is 1. The van der Waals surface area contributed by atoms with E-state index in [1.807, 2.05) is 36.4 Å². The summed E-state index contributed by atoms with van der Waals surface area (Å²) in [7, 11) is 0. The normalized spacial score (nSPS) is 10.7. The monoisotopic (exact) mass is 237 g/mol. The Morgan fingerprint density at radius 1 is 0.944 bits per heavy atom. The molecule has 2 aromatic heterocycles. The molecule has 0 saturated carbocycles. The predicted octanol–water partition coefficient (Wildman–Crippen LogP) is 1.86. The van der Waals surface area contributed by atoms with Crippen LogP contribution in [-0.2, 0) is 0 Å². The fraction of sp³-hybridized carbons (Fsp3) is 0. The molecule has 3 rings (SSSR count). The van der Waals surface area contributed by atoms with Gasteiger partial charge in [-0.3, -0.25) is 0 Å². The van der Waals surface area contributed by atoms with Crippen LogP contribution in [0.3, 0.4) is 0 Å². The number of hydrogen-bond donors (Lipinski definition) is 2. The number of nitrogens with zero attached hydrogens (tertiary/aromatic N) is 3. The molecule has 0 atom stereocenters. The number of nitrogen functional groups attached to an aromatic ring is 2. The molecule has 3 aromatic rings. The Morgan fingerprint density at radius 3 is 2.50 bits per heavy atom. The van der Waals surface area contributed by atoms with Gasteiger partial charge in [0.05, 0.1) is 0 Å². The Kier molecular flexibility index (Phi) is 2.30. The second-order valence-electron chi connectivity index (χ2n) is 3.93. The van der Waals surface area contributed by atoms with Gasteiger partial charge in [-0.1, -0.05) is 30.3 Å². The third-order valence-electron chi connectivity index (χ3n) is 2.70. The number of pyridine rings is 1. The molecule has 88 valence electrons. The van der Waals surface area contributed by atoms with E-state index in [9.17, 15) is 0 Å². The number of rotatable bonds is 1. The van der Waals surface area contributed by atoms with Crippen LogP contribution < -0.4 is 11.5 Å². The van der Waals surface area contributed by atoms with E-state index in [0.29, 0.717) is 11.5 Å². The first-order valence-electron chi connectivity index (χ1n) is 5.48. The molecule has 0 fully saturated rings. The molecule has 0 radical (unpaired) electrons. The third kappa shape index (κ3) is 1.71. The largest absolute Gasteiger partial charge is 0.383 e. The Labute approximate surface area is 104 Å². The lowest BCUT2D eigenvalue weighted by Crippen LogP contribution is -1.99. The highest BCUT2D eigenvalue weighted by atomic mass is 15.0. The summed E-state index contributed by atoms with van der Waals surface area (Å²) in [6.07, 6.45) is 1.65. The van der Waals surface area contributed by atoms with Crippen molar-refractivity contribution in [2.45, 2.75) is 0 Å². The van der Waals surface area contributed by atoms with Crippen LogP contribution in [0.15, 0.2) is 42.6 Å². The van der Waals surface area contributed by atoms with Crippen LogP contribution >= 0.6 is 0 Å². The molecule has 4 N–H and O–H groups in total. The Morgan fingerprint density at radius 2 is 1.72 bits per heavy atom. The van der Waals surface area contributed by atoms with Crippen molar-refractivity contribution in [1.29, 1.82) is 0 Å². The minimum Gasteiger partial charge on any atom is -0.383 e. The summed E-state index contributed by atoms with van der Waals surface area (Å²) in [6.45, 7) is 0. The molecule has 5 nitrogen and oxygen atoms in total. The highest BCUT2D eigenvalue weighted by Gasteiger charge is 2.07. The van der Waals surface area contributed by atoms with Crippen LogP contribution in [0.1, 0.15) is 0 Å². The van der Waals surface area contributed by atoms with Crippen LogP contribution in [-0.4, -0.2) is 15.0 Å². The van der Waals surface area contributed by atoms with Gasteiger partial charge in [0.1, 0.15) is 5.82 Å². The molecular formula is C13H11N5. The summed E-state index contributed by atoms with van der Waals surface area (Å²) in [4.78, 5) is 12.3. The molecule has 0 bridgehead atoms. The molecule has 0 aliphatic rings. The first kappa shape index (κ1) is 10.5. The van der Waals surface area contributed by atoms with E-state index in [4.69, 9.17) is 11.5 Å². The summed E-state index contributed by atoms with van der Waals surface area (Å²) in [5, 5.41) is 0.817. The number of aromatic nitrogens is 3. The molecule has 0 aliphatic carbocycles. The molecular weight excluding hydrogens is 226 g/mol. The second-order valence-corrected chi connectivity index (χ2v) is 3.93. The zero-order chi connectivity index (χ0) is 12.5. The van der Waals surface area contributed by atoms with Gasteiger partial charge in [-0.25, -0.2) is 9.97 Å². The van der Waals surface area contributed by atoms with Gasteiger partial charge in [-0.2, -0.15) is 4.98 Å². The third-order valence-corrected chi connectivity index (χ3v) is 2.70. The van der Waals surface area contributed by atoms with Crippen LogP contribution in [0.5, 0.6) is 0 Å². The number of nitrogens with two attached hydrogens (primary N) is 2. The van der Waals surface area contributed by atoms with E-state index >= 15 is 0 Å². The summed E-state index contributed by atoms with van der Waals surface area (Å²) < 4.78 is 0. The molecule has 0 aliphatic heterocycles. The minimum absolute atomic E-state index is 0.196. The summed E-state index contributed by atoms with van der Waals surface area (Å²) >= 11 is 0. The van der Waals surface area contributed by atoms with Gasteiger partial charge >= 0.3 is 0 Å². The minimum atomic E-state index is 0.196. The Bertz CT molecular complexity index is 709. The highest BCUT2D eigenvalue weighted by molar-refractivity contribution is 5.86. The van der Waals surface area contributed by atoms with Crippen molar-refractivity contribution >= 4 is 22.8 Å². The standard InChI is InChI=1S/C13H11N5/c14-11-10(8-4-2-1-3-5-8)6-9-7-16-13(15)18-12(9)17-11/h1-7H,(H4,14,15,16,17,18). The number of fused-ring (bicyclic) bond motifs is 1. The molecule has 1 aromatic carbocycles. The van der Waals surface area contributed by atoms with Crippen molar-refractivity contribution in [2.24, 2.45) is 0 Å². The predicted molar refractivity (Wildman–Crippen MR) is 71.6 cm³/mol. The SMILES string of the molecule is Nc1ncc2cc(-c3ccccc3)c(N)nc2n1. The van der Waals surface area contributed by atoms with Crippen LogP contribution in [0.4, 0.5) is 11.8 Å². The molecule has 0 saturated heterocycles. The molecule has 0 amide bonds. The van der Waals surface area contributed by atoms with Gasteiger partial charge in [0, 0.05) is 17.1 Å². The van der Waals surface area contributed by atoms with E-state index in [1.54, 1.807) is 6.20 Å². The lowest BCUT2D eigenvalue weighted by Gasteiger charge is -2.06. The van der Waals surface area contributed by atoms with Crippen molar-refractivity contribution in [3.63, 3.8) is 0 Å². The fourth-order valence-electron chi connectivity index (χ4n) is 1.84. The summed E-state index contributed by atoms with van der Waals surface area (Å²) in [6, 6.07) is 11.8. The molecule has 0 spiro atoms. The van der Waals surface area contributed by atoms with Crippen molar-refractivity contribution < 1.29 is 0 Å². The van der Waals surface area contributed by atoms with Gasteiger partial charge in [-0.15, -0.1) is 0 Å². The van der Waals surface area contributed by atoms with Gasteiger partial charge in [0.2, 0.25) is 5.95 Å². The maximum atomic E-state index is 5.96. The van der Waals surface area contributed by atoms with E-state index in [1.165, 1.54) is 0 Å². The van der Waals surface area contributed by atoms with Gasteiger partial charge in [0.15, 0.2) is 5.65 Å². The van der Waals surface area contributed by atoms with E-state index < -0.39 is 0 Å². The Hall–Kier alpha value is -2.69. The maximum absolute atomic E-state index is 5.96. The second kappa shape index (κ2) is 3.96. The van der Waals surface area contributed by atoms with Crippen molar-refractivity contribution in [2.75, 3.05) is 11.5 Å². The van der Waals surface area contributed by atoms with Gasteiger partial charge in [-0.05, 0) is 11.6 Å². The first-order valence-corrected chi connectivity index (χ1v) is 5.48. The molecule has 0 unspecified atom stereocenters. The molecule has 5 heteroatoms. The quantitative estimate of drug-likeness (QED) is 0.674. The van der Waals surface area contributed by atoms with E-state index in [-0.39, 0.29) is 5.95 Å². The summed E-state index contributed by atoms with van der Waals surface area (Å²) in [5.41, 5.74) is 13.9. The molecule has 18 heavy (non-hydrogen) atoms. The highest BCUT2D eigenvalue weighted by Crippen LogP contribution is 2.27. The average molecular weight is 237 g/mol. The smallest absolute Gasteiger partial charge is 0.222 e. The van der Waals surface area contributed by atoms with Crippen molar-refractivity contribution in [3.8, 4) is 11.1 Å². The first-order chi connectivity index (χ1) is 8.74. The number of anilines is 2. The van der Waals surface area contributed by atoms with Gasteiger partial charge in [0.25, 0.3) is 0 Å². The van der Waals surface area contributed by atoms with Crippen LogP contribution in [0.2, 0.25) is 0 Å². The van der Waals surface area contributed by atoms with Crippen LogP contribution in [0, 0.1) is 0 Å². The van der Waals surface area contributed by atoms with E-state index in [0.717, 1.165) is 16.5 Å². The van der Waals surface area contributed by atoms with Crippen molar-refractivity contribution in [3.05, 3.63) is 42.6 Å². The average Bonchev–Trinajstić information content (AvgIpc) is 2.39. The Balaban J connectivity index is 2.25. The maximum Gasteiger partial charge on any atom is 0.222 e. The van der Waals surface area contributed by atoms with E-state index in [2.05, 4.69) is 15.0 Å². The van der Waals surface area contributed by atoms with Crippen LogP contribution in [0.25, 0.3) is 22.2 Å². The zero-order valence-electron chi connectivity index (χ0n) is 9.54. The fourth-order valence-corrected chi connectivity index (χ4v) is 1.84. The zero-order valence-corrected chi connectivity index (χ0v) is 9.54.